The summed E-state index contributed by atoms with van der Waals surface area (Å²) >= 11 is 6.23. The lowest BCUT2D eigenvalue weighted by Crippen LogP contribution is -2.45. The van der Waals surface area contributed by atoms with Crippen molar-refractivity contribution in [3.63, 3.8) is 0 Å². The van der Waals surface area contributed by atoms with Crippen LogP contribution in [0.15, 0.2) is 54.0 Å². The number of H-pyrrole nitrogens is 1. The van der Waals surface area contributed by atoms with Crippen LogP contribution in [0.4, 0.5) is 0 Å². The number of rotatable bonds is 3. The van der Waals surface area contributed by atoms with Crippen LogP contribution in [0.5, 0.6) is 0 Å². The molecule has 6 nitrogen and oxygen atoms in total. The Kier molecular flexibility index (Phi) is 5.02. The number of aromatic nitrogens is 1. The highest BCUT2D eigenvalue weighted by atomic mass is 35.5. The molecule has 0 aliphatic carbocycles. The molecule has 1 atom stereocenters. The predicted octanol–water partition coefficient (Wildman–Crippen LogP) is 2.18. The van der Waals surface area contributed by atoms with E-state index in [1.54, 1.807) is 24.3 Å². The number of hydrogen-bond acceptors (Lipinski definition) is 4. The summed E-state index contributed by atoms with van der Waals surface area (Å²) in [6.07, 6.45) is 2.70. The molecule has 1 amide bonds. The Bertz CT molecular complexity index is 1030. The number of aromatic amines is 1. The fraction of sp³-hybridized carbons (Fsp3) is 0.222. The number of amides is 1. The third-order valence-electron chi connectivity index (χ3n) is 4.30. The first-order valence-corrected chi connectivity index (χ1v) is 10.1. The number of benzene rings is 1. The summed E-state index contributed by atoms with van der Waals surface area (Å²) in [4.78, 5) is 27.8. The van der Waals surface area contributed by atoms with E-state index in [4.69, 9.17) is 11.6 Å². The highest BCUT2D eigenvalue weighted by molar-refractivity contribution is 7.91. The fourth-order valence-electron chi connectivity index (χ4n) is 3.06. The monoisotopic (exact) mass is 392 g/mol. The smallest absolute Gasteiger partial charge is 0.248 e. The summed E-state index contributed by atoms with van der Waals surface area (Å²) in [7, 11) is -3.28. The maximum Gasteiger partial charge on any atom is 0.248 e. The normalized spacial score (nSPS) is 19.1. The van der Waals surface area contributed by atoms with Gasteiger partial charge in [0.1, 0.15) is 0 Å². The minimum Gasteiger partial charge on any atom is -0.330 e. The topological polar surface area (TPSA) is 87.3 Å². The van der Waals surface area contributed by atoms with E-state index >= 15 is 0 Å². The molecule has 2 aromatic rings. The van der Waals surface area contributed by atoms with Crippen LogP contribution in [-0.4, -0.2) is 42.3 Å². The molecular weight excluding hydrogens is 376 g/mol. The van der Waals surface area contributed by atoms with Crippen molar-refractivity contribution in [3.8, 4) is 11.1 Å². The largest absolute Gasteiger partial charge is 0.330 e. The summed E-state index contributed by atoms with van der Waals surface area (Å²) in [5.74, 6) is -0.589. The highest BCUT2D eigenvalue weighted by Crippen LogP contribution is 2.32. The van der Waals surface area contributed by atoms with Crippen molar-refractivity contribution in [1.82, 2.24) is 9.88 Å². The summed E-state index contributed by atoms with van der Waals surface area (Å²) in [6, 6.07) is 7.60. The van der Waals surface area contributed by atoms with Gasteiger partial charge in [-0.05, 0) is 47.0 Å². The predicted molar refractivity (Wildman–Crippen MR) is 101 cm³/mol. The number of nitrogens with one attached hydrogen (secondary N) is 1. The molecule has 0 radical (unpaired) electrons. The van der Waals surface area contributed by atoms with Crippen LogP contribution in [0.2, 0.25) is 5.02 Å². The Morgan fingerprint density at radius 3 is 2.73 bits per heavy atom. The van der Waals surface area contributed by atoms with Gasteiger partial charge in [-0.15, -0.1) is 0 Å². The Hall–Kier alpha value is -2.38. The summed E-state index contributed by atoms with van der Waals surface area (Å²) < 4.78 is 24.3. The van der Waals surface area contributed by atoms with Crippen molar-refractivity contribution in [3.05, 3.63) is 70.1 Å². The molecule has 1 unspecified atom stereocenters. The molecule has 8 heteroatoms. The van der Waals surface area contributed by atoms with Gasteiger partial charge >= 0.3 is 0 Å². The number of pyridine rings is 1. The standard InChI is InChI=1S/C18H17ClN2O4S/c1-2-18(23)21-5-6-26(24,25)11-16(21)14-7-13(8-15(19)9-14)12-3-4-20-17(22)10-12/h2-4,7-10,16H,1,5-6,11H2,(H,20,22). The first kappa shape index (κ1) is 18.4. The highest BCUT2D eigenvalue weighted by Gasteiger charge is 2.34. The zero-order valence-corrected chi connectivity index (χ0v) is 15.4. The lowest BCUT2D eigenvalue weighted by molar-refractivity contribution is -0.127. The van der Waals surface area contributed by atoms with Gasteiger partial charge in [0.25, 0.3) is 0 Å². The average molecular weight is 393 g/mol. The maximum atomic E-state index is 12.2. The Morgan fingerprint density at radius 1 is 1.27 bits per heavy atom. The third-order valence-corrected chi connectivity index (χ3v) is 6.15. The Morgan fingerprint density at radius 2 is 2.04 bits per heavy atom. The first-order chi connectivity index (χ1) is 12.3. The van der Waals surface area contributed by atoms with Crippen molar-refractivity contribution < 1.29 is 13.2 Å². The van der Waals surface area contributed by atoms with Gasteiger partial charge in [0.05, 0.1) is 17.5 Å². The van der Waals surface area contributed by atoms with Crippen LogP contribution in [-0.2, 0) is 14.6 Å². The van der Waals surface area contributed by atoms with E-state index in [2.05, 4.69) is 11.6 Å². The average Bonchev–Trinajstić information content (AvgIpc) is 2.60. The third kappa shape index (κ3) is 3.89. The van der Waals surface area contributed by atoms with Gasteiger partial charge in [-0.3, -0.25) is 9.59 Å². The van der Waals surface area contributed by atoms with E-state index in [1.165, 1.54) is 23.2 Å². The van der Waals surface area contributed by atoms with Crippen LogP contribution < -0.4 is 5.56 Å². The first-order valence-electron chi connectivity index (χ1n) is 7.92. The van der Waals surface area contributed by atoms with Crippen LogP contribution in [0.3, 0.4) is 0 Å². The molecule has 1 aliphatic heterocycles. The van der Waals surface area contributed by atoms with Crippen molar-refractivity contribution in [2.24, 2.45) is 0 Å². The van der Waals surface area contributed by atoms with Gasteiger partial charge in [-0.2, -0.15) is 0 Å². The van der Waals surface area contributed by atoms with E-state index in [0.717, 1.165) is 0 Å². The van der Waals surface area contributed by atoms with Gasteiger partial charge in [0, 0.05) is 23.8 Å². The Balaban J connectivity index is 2.10. The quantitative estimate of drug-likeness (QED) is 0.811. The molecule has 1 aliphatic rings. The number of hydrogen-bond donors (Lipinski definition) is 1. The van der Waals surface area contributed by atoms with Crippen LogP contribution in [0, 0.1) is 0 Å². The van der Waals surface area contributed by atoms with Crippen molar-refractivity contribution in [2.45, 2.75) is 6.04 Å². The number of halogens is 1. The molecule has 1 fully saturated rings. The minimum atomic E-state index is -3.28. The second-order valence-electron chi connectivity index (χ2n) is 6.08. The van der Waals surface area contributed by atoms with Crippen LogP contribution in [0.1, 0.15) is 11.6 Å². The van der Waals surface area contributed by atoms with E-state index < -0.39 is 15.9 Å². The van der Waals surface area contributed by atoms with E-state index in [1.807, 2.05) is 0 Å². The van der Waals surface area contributed by atoms with Gasteiger partial charge in [-0.25, -0.2) is 8.42 Å². The zero-order chi connectivity index (χ0) is 18.9. The lowest BCUT2D eigenvalue weighted by atomic mass is 9.99. The van der Waals surface area contributed by atoms with Crippen molar-refractivity contribution >= 4 is 27.3 Å². The fourth-order valence-corrected chi connectivity index (χ4v) is 4.80. The molecule has 1 aromatic carbocycles. The van der Waals surface area contributed by atoms with Gasteiger partial charge in [0.15, 0.2) is 9.84 Å². The summed E-state index contributed by atoms with van der Waals surface area (Å²) in [5, 5.41) is 0.395. The number of carbonyl (C=O) groups excluding carboxylic acids is 1. The van der Waals surface area contributed by atoms with E-state index in [0.29, 0.717) is 21.7 Å². The molecule has 0 spiro atoms. The Labute approximate surface area is 156 Å². The van der Waals surface area contributed by atoms with E-state index in [9.17, 15) is 18.0 Å². The molecule has 1 aromatic heterocycles. The van der Waals surface area contributed by atoms with Crippen LogP contribution in [0.25, 0.3) is 11.1 Å². The SMILES string of the molecule is C=CC(=O)N1CCS(=O)(=O)CC1c1cc(Cl)cc(-c2cc[nH]c(=O)c2)c1. The van der Waals surface area contributed by atoms with Crippen molar-refractivity contribution in [2.75, 3.05) is 18.1 Å². The van der Waals surface area contributed by atoms with E-state index in [-0.39, 0.29) is 29.5 Å². The molecule has 2 heterocycles. The molecule has 1 N–H and O–H groups in total. The molecule has 136 valence electrons. The number of carbonyl (C=O) groups is 1. The number of nitrogens with zero attached hydrogens (tertiary/aromatic N) is 1. The molecule has 26 heavy (non-hydrogen) atoms. The van der Waals surface area contributed by atoms with Crippen LogP contribution >= 0.6 is 11.6 Å². The van der Waals surface area contributed by atoms with Crippen molar-refractivity contribution in [1.29, 1.82) is 0 Å². The maximum absolute atomic E-state index is 12.2. The van der Waals surface area contributed by atoms with Gasteiger partial charge in [-0.1, -0.05) is 18.2 Å². The molecule has 0 bridgehead atoms. The minimum absolute atomic E-state index is 0.0788. The summed E-state index contributed by atoms with van der Waals surface area (Å²) in [6.45, 7) is 3.59. The molecule has 1 saturated heterocycles. The second-order valence-corrected chi connectivity index (χ2v) is 8.75. The van der Waals surface area contributed by atoms with Gasteiger partial charge in [0.2, 0.25) is 11.5 Å². The van der Waals surface area contributed by atoms with Gasteiger partial charge < -0.3 is 9.88 Å². The molecular formula is C18H17ClN2O4S. The second kappa shape index (κ2) is 7.09. The summed E-state index contributed by atoms with van der Waals surface area (Å²) in [5.41, 5.74) is 1.67. The zero-order valence-electron chi connectivity index (χ0n) is 13.8. The number of sulfone groups is 1. The molecule has 0 saturated carbocycles. The molecule has 3 rings (SSSR count). The lowest BCUT2D eigenvalue weighted by Gasteiger charge is -2.35.